The zero-order valence-corrected chi connectivity index (χ0v) is 14.5. The minimum absolute atomic E-state index is 0.0278. The number of carbonyl (C=O) groups is 1. The molecule has 0 spiro atoms. The molecule has 1 saturated heterocycles. The van der Waals surface area contributed by atoms with Crippen LogP contribution in [0.3, 0.4) is 0 Å². The van der Waals surface area contributed by atoms with Crippen LogP contribution in [0.15, 0.2) is 30.3 Å². The van der Waals surface area contributed by atoms with Crippen molar-refractivity contribution >= 4 is 6.09 Å². The number of nitrogens with one attached hydrogen (secondary N) is 1. The van der Waals surface area contributed by atoms with Gasteiger partial charge >= 0.3 is 6.09 Å². The van der Waals surface area contributed by atoms with Crippen molar-refractivity contribution in [2.75, 3.05) is 20.2 Å². The third-order valence-electron chi connectivity index (χ3n) is 3.92. The molecule has 5 nitrogen and oxygen atoms in total. The van der Waals surface area contributed by atoms with Crippen LogP contribution in [0.25, 0.3) is 0 Å². The van der Waals surface area contributed by atoms with Crippen LogP contribution in [-0.4, -0.2) is 48.9 Å². The van der Waals surface area contributed by atoms with E-state index in [0.29, 0.717) is 13.1 Å². The van der Waals surface area contributed by atoms with Crippen LogP contribution < -0.4 is 5.32 Å². The summed E-state index contributed by atoms with van der Waals surface area (Å²) < 4.78 is 11.0. The highest BCUT2D eigenvalue weighted by Crippen LogP contribution is 2.18. The van der Waals surface area contributed by atoms with Crippen LogP contribution in [0, 0.1) is 0 Å². The van der Waals surface area contributed by atoms with Gasteiger partial charge in [-0.2, -0.15) is 0 Å². The fraction of sp³-hybridized carbons (Fsp3) is 0.611. The summed E-state index contributed by atoms with van der Waals surface area (Å²) in [6, 6.07) is 10.5. The van der Waals surface area contributed by atoms with Crippen molar-refractivity contribution in [1.29, 1.82) is 0 Å². The number of rotatable bonds is 4. The fourth-order valence-electron chi connectivity index (χ4n) is 2.73. The van der Waals surface area contributed by atoms with Gasteiger partial charge in [-0.3, -0.25) is 0 Å². The SMILES string of the molecule is CO[C@@H]1CN(C(=O)OC(C)(C)C)CC[C@@H]1NCc1ccccc1. The summed E-state index contributed by atoms with van der Waals surface area (Å²) in [4.78, 5) is 13.9. The first-order valence-electron chi connectivity index (χ1n) is 8.17. The van der Waals surface area contributed by atoms with E-state index in [0.717, 1.165) is 13.0 Å². The lowest BCUT2D eigenvalue weighted by molar-refractivity contribution is -0.0184. The molecule has 1 amide bonds. The Hall–Kier alpha value is -1.59. The third-order valence-corrected chi connectivity index (χ3v) is 3.92. The highest BCUT2D eigenvalue weighted by molar-refractivity contribution is 5.68. The first-order chi connectivity index (χ1) is 10.9. The normalized spacial score (nSPS) is 22.0. The number of carbonyl (C=O) groups excluding carboxylic acids is 1. The molecule has 1 aromatic rings. The molecule has 0 aliphatic carbocycles. The molecule has 2 atom stereocenters. The maximum atomic E-state index is 12.2. The standard InChI is InChI=1S/C18H28N2O3/c1-18(2,3)23-17(21)20-11-10-15(16(13-20)22-4)19-12-14-8-6-5-7-9-14/h5-9,15-16,19H,10-13H2,1-4H3/t15-,16+/m0/s1. The van der Waals surface area contributed by atoms with Crippen LogP contribution in [0.2, 0.25) is 0 Å². The summed E-state index contributed by atoms with van der Waals surface area (Å²) in [6.07, 6.45) is 0.561. The lowest BCUT2D eigenvalue weighted by Crippen LogP contribution is -2.55. The van der Waals surface area contributed by atoms with Crippen molar-refractivity contribution in [3.05, 3.63) is 35.9 Å². The zero-order chi connectivity index (χ0) is 16.9. The second-order valence-corrected chi connectivity index (χ2v) is 6.96. The van der Waals surface area contributed by atoms with Gasteiger partial charge in [0.15, 0.2) is 0 Å². The van der Waals surface area contributed by atoms with Crippen molar-refractivity contribution in [3.8, 4) is 0 Å². The minimum Gasteiger partial charge on any atom is -0.444 e. The molecule has 0 saturated carbocycles. The molecule has 2 rings (SSSR count). The van der Waals surface area contributed by atoms with E-state index in [1.807, 2.05) is 39.0 Å². The number of nitrogens with zero attached hydrogens (tertiary/aromatic N) is 1. The monoisotopic (exact) mass is 320 g/mol. The Morgan fingerprint density at radius 2 is 2.00 bits per heavy atom. The van der Waals surface area contributed by atoms with Crippen molar-refractivity contribution < 1.29 is 14.3 Å². The first kappa shape index (κ1) is 17.8. The third kappa shape index (κ3) is 5.52. The molecule has 1 fully saturated rings. The number of likely N-dealkylation sites (tertiary alicyclic amines) is 1. The van der Waals surface area contributed by atoms with Crippen LogP contribution in [0.1, 0.15) is 32.8 Å². The highest BCUT2D eigenvalue weighted by Gasteiger charge is 2.33. The topological polar surface area (TPSA) is 50.8 Å². The van der Waals surface area contributed by atoms with Gasteiger partial charge in [0.2, 0.25) is 0 Å². The molecule has 23 heavy (non-hydrogen) atoms. The van der Waals surface area contributed by atoms with E-state index in [4.69, 9.17) is 9.47 Å². The van der Waals surface area contributed by atoms with Crippen molar-refractivity contribution in [1.82, 2.24) is 10.2 Å². The fourth-order valence-corrected chi connectivity index (χ4v) is 2.73. The van der Waals surface area contributed by atoms with Crippen LogP contribution in [-0.2, 0) is 16.0 Å². The van der Waals surface area contributed by atoms with E-state index in [1.165, 1.54) is 5.56 Å². The number of methoxy groups -OCH3 is 1. The van der Waals surface area contributed by atoms with E-state index >= 15 is 0 Å². The second kappa shape index (κ2) is 7.79. The molecule has 5 heteroatoms. The number of amides is 1. The zero-order valence-electron chi connectivity index (χ0n) is 14.5. The largest absolute Gasteiger partial charge is 0.444 e. The highest BCUT2D eigenvalue weighted by atomic mass is 16.6. The van der Waals surface area contributed by atoms with E-state index in [9.17, 15) is 4.79 Å². The molecule has 0 aromatic heterocycles. The molecule has 0 bridgehead atoms. The van der Waals surface area contributed by atoms with Gasteiger partial charge in [0.25, 0.3) is 0 Å². The van der Waals surface area contributed by atoms with Gasteiger partial charge in [-0.05, 0) is 32.8 Å². The Labute approximate surface area is 139 Å². The molecule has 0 radical (unpaired) electrons. The smallest absolute Gasteiger partial charge is 0.410 e. The molecule has 1 N–H and O–H groups in total. The molecule has 0 unspecified atom stereocenters. The minimum atomic E-state index is -0.470. The van der Waals surface area contributed by atoms with Crippen LogP contribution in [0.4, 0.5) is 4.79 Å². The van der Waals surface area contributed by atoms with E-state index in [2.05, 4.69) is 17.4 Å². The van der Waals surface area contributed by atoms with E-state index in [-0.39, 0.29) is 18.2 Å². The van der Waals surface area contributed by atoms with Crippen LogP contribution in [0.5, 0.6) is 0 Å². The summed E-state index contributed by atoms with van der Waals surface area (Å²) in [7, 11) is 1.69. The first-order valence-corrected chi connectivity index (χ1v) is 8.17. The Morgan fingerprint density at radius 3 is 2.61 bits per heavy atom. The Balaban J connectivity index is 1.87. The maximum Gasteiger partial charge on any atom is 0.410 e. The lowest BCUT2D eigenvalue weighted by Gasteiger charge is -2.38. The van der Waals surface area contributed by atoms with Crippen molar-refractivity contribution in [2.45, 2.75) is 51.5 Å². The van der Waals surface area contributed by atoms with Gasteiger partial charge in [0, 0.05) is 26.2 Å². The molecule has 1 aliphatic heterocycles. The predicted octanol–water partition coefficient (Wildman–Crippen LogP) is 2.80. The number of hydrogen-bond acceptors (Lipinski definition) is 4. The predicted molar refractivity (Wildman–Crippen MR) is 90.3 cm³/mol. The molecule has 128 valence electrons. The number of piperidine rings is 1. The Kier molecular flexibility index (Phi) is 6.02. The summed E-state index contributed by atoms with van der Waals surface area (Å²) in [6.45, 7) is 7.68. The van der Waals surface area contributed by atoms with Gasteiger partial charge < -0.3 is 19.7 Å². The van der Waals surface area contributed by atoms with Crippen molar-refractivity contribution in [3.63, 3.8) is 0 Å². The van der Waals surface area contributed by atoms with Gasteiger partial charge in [-0.25, -0.2) is 4.79 Å². The lowest BCUT2D eigenvalue weighted by atomic mass is 10.0. The quantitative estimate of drug-likeness (QED) is 0.927. The second-order valence-electron chi connectivity index (χ2n) is 6.96. The molecule has 1 aromatic carbocycles. The van der Waals surface area contributed by atoms with E-state index < -0.39 is 5.60 Å². The summed E-state index contributed by atoms with van der Waals surface area (Å²) in [5, 5.41) is 3.54. The Bertz CT molecular complexity index is 499. The molecular formula is C18H28N2O3. The Morgan fingerprint density at radius 1 is 1.30 bits per heavy atom. The average molecular weight is 320 g/mol. The van der Waals surface area contributed by atoms with Gasteiger partial charge in [-0.15, -0.1) is 0 Å². The average Bonchev–Trinajstić information content (AvgIpc) is 2.52. The summed E-state index contributed by atoms with van der Waals surface area (Å²) >= 11 is 0. The van der Waals surface area contributed by atoms with E-state index in [1.54, 1.807) is 12.0 Å². The van der Waals surface area contributed by atoms with Gasteiger partial charge in [0.05, 0.1) is 12.6 Å². The summed E-state index contributed by atoms with van der Waals surface area (Å²) in [5.74, 6) is 0. The number of hydrogen-bond donors (Lipinski definition) is 1. The maximum absolute atomic E-state index is 12.2. The number of ether oxygens (including phenoxy) is 2. The summed E-state index contributed by atoms with van der Waals surface area (Å²) in [5.41, 5.74) is 0.777. The number of benzene rings is 1. The van der Waals surface area contributed by atoms with Crippen LogP contribution >= 0.6 is 0 Å². The molecular weight excluding hydrogens is 292 g/mol. The molecule has 1 aliphatic rings. The van der Waals surface area contributed by atoms with Gasteiger partial charge in [0.1, 0.15) is 5.60 Å². The van der Waals surface area contributed by atoms with Crippen molar-refractivity contribution in [2.24, 2.45) is 0 Å². The molecule has 1 heterocycles. The van der Waals surface area contributed by atoms with Gasteiger partial charge in [-0.1, -0.05) is 30.3 Å².